The molecule has 0 aliphatic carbocycles. The lowest BCUT2D eigenvalue weighted by Crippen LogP contribution is -2.12. The molecule has 0 heterocycles. The van der Waals surface area contributed by atoms with E-state index in [1.54, 1.807) is 6.07 Å². The molecule has 0 atom stereocenters. The van der Waals surface area contributed by atoms with Crippen LogP contribution in [0.3, 0.4) is 0 Å². The first-order valence-corrected chi connectivity index (χ1v) is 7.94. The van der Waals surface area contributed by atoms with Gasteiger partial charge in [0.1, 0.15) is 0 Å². The number of rotatable bonds is 3. The van der Waals surface area contributed by atoms with Gasteiger partial charge in [-0.2, -0.15) is 0 Å². The van der Waals surface area contributed by atoms with Gasteiger partial charge in [0.15, 0.2) is 0 Å². The number of anilines is 3. The van der Waals surface area contributed by atoms with E-state index >= 15 is 0 Å². The van der Waals surface area contributed by atoms with Gasteiger partial charge in [-0.3, -0.25) is 0 Å². The van der Waals surface area contributed by atoms with E-state index in [4.69, 9.17) is 10.9 Å². The number of nitrogens with one attached hydrogen (secondary N) is 1. The fraction of sp³-hybridized carbons (Fsp3) is 0. The van der Waals surface area contributed by atoms with Crippen LogP contribution in [0.25, 0.3) is 0 Å². The summed E-state index contributed by atoms with van der Waals surface area (Å²) in [6.07, 6.45) is 0. The normalized spacial score (nSPS) is 11.3. The maximum absolute atomic E-state index is 11.2. The van der Waals surface area contributed by atoms with Gasteiger partial charge in [-0.1, -0.05) is 6.07 Å². The fourth-order valence-electron chi connectivity index (χ4n) is 1.55. The van der Waals surface area contributed by atoms with Crippen LogP contribution in [0.1, 0.15) is 0 Å². The van der Waals surface area contributed by atoms with Gasteiger partial charge in [0.25, 0.3) is 0 Å². The molecular weight excluding hydrogens is 377 g/mol. The van der Waals surface area contributed by atoms with Crippen LogP contribution in [0.4, 0.5) is 17.1 Å². The lowest BCUT2D eigenvalue weighted by molar-refractivity contribution is 0.598. The number of halogens is 1. The number of nitrogens with two attached hydrogens (primary N) is 2. The Morgan fingerprint density at radius 1 is 1.11 bits per heavy atom. The minimum absolute atomic E-state index is 0.00167. The molecule has 0 fully saturated rings. The first-order valence-electron chi connectivity index (χ1n) is 5.31. The number of benzene rings is 2. The zero-order valence-corrected chi connectivity index (χ0v) is 12.8. The van der Waals surface area contributed by atoms with Gasteiger partial charge < -0.3 is 11.1 Å². The number of hydrogen-bond donors (Lipinski definition) is 3. The van der Waals surface area contributed by atoms with Crippen LogP contribution in [-0.2, 0) is 10.0 Å². The summed E-state index contributed by atoms with van der Waals surface area (Å²) >= 11 is 2.21. The predicted octanol–water partition coefficient (Wildman–Crippen LogP) is 2.26. The topological polar surface area (TPSA) is 98.2 Å². The smallest absolute Gasteiger partial charge is 0.238 e. The summed E-state index contributed by atoms with van der Waals surface area (Å²) in [6, 6.07) is 12.1. The van der Waals surface area contributed by atoms with Crippen molar-refractivity contribution in [2.24, 2.45) is 5.14 Å². The standard InChI is InChI=1S/C12H12IN3O2S/c13-8-2-1-3-9(6-8)16-12-5-4-10(7-11(12)14)19(15,17)18/h1-7,16H,14H2,(H2,15,17,18). The highest BCUT2D eigenvalue weighted by molar-refractivity contribution is 14.1. The molecule has 0 aliphatic rings. The maximum Gasteiger partial charge on any atom is 0.238 e. The summed E-state index contributed by atoms with van der Waals surface area (Å²) in [6.45, 7) is 0. The third-order valence-electron chi connectivity index (χ3n) is 2.46. The van der Waals surface area contributed by atoms with Gasteiger partial charge in [-0.15, -0.1) is 0 Å². The van der Waals surface area contributed by atoms with E-state index in [-0.39, 0.29) is 4.90 Å². The van der Waals surface area contributed by atoms with Crippen LogP contribution in [0.15, 0.2) is 47.4 Å². The highest BCUT2D eigenvalue weighted by atomic mass is 127. The minimum atomic E-state index is -3.73. The third kappa shape index (κ3) is 3.58. The number of sulfonamides is 1. The number of nitrogen functional groups attached to an aromatic ring is 1. The third-order valence-corrected chi connectivity index (χ3v) is 4.04. The van der Waals surface area contributed by atoms with E-state index in [0.717, 1.165) is 9.26 Å². The first-order chi connectivity index (χ1) is 8.86. The van der Waals surface area contributed by atoms with Crippen molar-refractivity contribution in [3.8, 4) is 0 Å². The highest BCUT2D eigenvalue weighted by Gasteiger charge is 2.10. The van der Waals surface area contributed by atoms with Crippen molar-refractivity contribution >= 4 is 49.7 Å². The molecule has 0 saturated carbocycles. The Bertz CT molecular complexity index is 717. The van der Waals surface area contributed by atoms with Gasteiger partial charge in [0.05, 0.1) is 16.3 Å². The lowest BCUT2D eigenvalue weighted by atomic mass is 10.2. The maximum atomic E-state index is 11.2. The summed E-state index contributed by atoms with van der Waals surface area (Å²) < 4.78 is 23.5. The fourth-order valence-corrected chi connectivity index (χ4v) is 2.65. The summed E-state index contributed by atoms with van der Waals surface area (Å²) in [5.41, 5.74) is 7.65. The van der Waals surface area contributed by atoms with E-state index in [1.165, 1.54) is 12.1 Å². The molecule has 19 heavy (non-hydrogen) atoms. The quantitative estimate of drug-likeness (QED) is 0.554. The minimum Gasteiger partial charge on any atom is -0.397 e. The molecule has 0 bridgehead atoms. The van der Waals surface area contributed by atoms with Gasteiger partial charge >= 0.3 is 0 Å². The SMILES string of the molecule is Nc1cc(S(N)(=O)=O)ccc1Nc1cccc(I)c1. The van der Waals surface area contributed by atoms with Crippen molar-refractivity contribution in [3.05, 3.63) is 46.0 Å². The Balaban J connectivity index is 2.32. The molecule has 7 heteroatoms. The Hall–Kier alpha value is -1.32. The van der Waals surface area contributed by atoms with E-state index < -0.39 is 10.0 Å². The van der Waals surface area contributed by atoms with Crippen LogP contribution in [-0.4, -0.2) is 8.42 Å². The Morgan fingerprint density at radius 3 is 2.42 bits per heavy atom. The van der Waals surface area contributed by atoms with Crippen LogP contribution >= 0.6 is 22.6 Å². The first kappa shape index (κ1) is 14.1. The molecule has 5 nitrogen and oxygen atoms in total. The van der Waals surface area contributed by atoms with E-state index in [0.29, 0.717) is 11.4 Å². The van der Waals surface area contributed by atoms with Gasteiger partial charge in [0.2, 0.25) is 10.0 Å². The second-order valence-corrected chi connectivity index (χ2v) is 6.74. The molecule has 100 valence electrons. The molecule has 2 aromatic rings. The average Bonchev–Trinajstić information content (AvgIpc) is 2.30. The molecule has 2 rings (SSSR count). The zero-order valence-electron chi connectivity index (χ0n) is 9.80. The summed E-state index contributed by atoms with van der Waals surface area (Å²) in [7, 11) is -3.73. The van der Waals surface area contributed by atoms with Crippen LogP contribution in [0.5, 0.6) is 0 Å². The van der Waals surface area contributed by atoms with Crippen molar-refractivity contribution in [1.82, 2.24) is 0 Å². The van der Waals surface area contributed by atoms with Crippen molar-refractivity contribution < 1.29 is 8.42 Å². The van der Waals surface area contributed by atoms with Gasteiger partial charge in [0, 0.05) is 9.26 Å². The van der Waals surface area contributed by atoms with E-state index in [2.05, 4.69) is 27.9 Å². The zero-order chi connectivity index (χ0) is 14.0. The van der Waals surface area contributed by atoms with Crippen LogP contribution < -0.4 is 16.2 Å². The summed E-state index contributed by atoms with van der Waals surface area (Å²) in [5, 5.41) is 8.17. The van der Waals surface area contributed by atoms with Crippen LogP contribution in [0, 0.1) is 3.57 Å². The number of primary sulfonamides is 1. The monoisotopic (exact) mass is 389 g/mol. The van der Waals surface area contributed by atoms with Crippen molar-refractivity contribution in [2.45, 2.75) is 4.90 Å². The molecule has 0 spiro atoms. The second kappa shape index (κ2) is 5.35. The molecule has 0 aromatic heterocycles. The van der Waals surface area contributed by atoms with E-state index in [9.17, 15) is 8.42 Å². The van der Waals surface area contributed by atoms with Gasteiger partial charge in [-0.25, -0.2) is 13.6 Å². The second-order valence-electron chi connectivity index (χ2n) is 3.93. The Kier molecular flexibility index (Phi) is 3.97. The summed E-state index contributed by atoms with van der Waals surface area (Å²) in [5.74, 6) is 0. The largest absolute Gasteiger partial charge is 0.397 e. The molecular formula is C12H12IN3O2S. The molecule has 0 aliphatic heterocycles. The molecule has 0 unspecified atom stereocenters. The van der Waals surface area contributed by atoms with Crippen LogP contribution in [0.2, 0.25) is 0 Å². The van der Waals surface area contributed by atoms with Crippen molar-refractivity contribution in [2.75, 3.05) is 11.1 Å². The summed E-state index contributed by atoms with van der Waals surface area (Å²) in [4.78, 5) is -0.00167. The number of hydrogen-bond acceptors (Lipinski definition) is 4. The average molecular weight is 389 g/mol. The van der Waals surface area contributed by atoms with E-state index in [1.807, 2.05) is 24.3 Å². The molecule has 0 saturated heterocycles. The Morgan fingerprint density at radius 2 is 1.84 bits per heavy atom. The lowest BCUT2D eigenvalue weighted by Gasteiger charge is -2.10. The molecule has 5 N–H and O–H groups in total. The molecule has 0 radical (unpaired) electrons. The highest BCUT2D eigenvalue weighted by Crippen LogP contribution is 2.26. The Labute approximate surface area is 125 Å². The molecule has 0 amide bonds. The molecule has 2 aromatic carbocycles. The predicted molar refractivity (Wildman–Crippen MR) is 84.7 cm³/mol. The van der Waals surface area contributed by atoms with Crippen molar-refractivity contribution in [1.29, 1.82) is 0 Å². The van der Waals surface area contributed by atoms with Gasteiger partial charge in [-0.05, 0) is 59.0 Å². The van der Waals surface area contributed by atoms with Crippen molar-refractivity contribution in [3.63, 3.8) is 0 Å².